The molecule has 1 unspecified atom stereocenters. The molecule has 1 atom stereocenters. The predicted octanol–water partition coefficient (Wildman–Crippen LogP) is 2.12. The Morgan fingerprint density at radius 1 is 1.32 bits per heavy atom. The number of ketones is 1. The van der Waals surface area contributed by atoms with Crippen molar-refractivity contribution < 1.29 is 14.3 Å². The summed E-state index contributed by atoms with van der Waals surface area (Å²) in [6.45, 7) is 5.27. The summed E-state index contributed by atoms with van der Waals surface area (Å²) in [5.41, 5.74) is 3.57. The summed E-state index contributed by atoms with van der Waals surface area (Å²) < 4.78 is 6.63. The van der Waals surface area contributed by atoms with E-state index in [2.05, 4.69) is 33.2 Å². The van der Waals surface area contributed by atoms with E-state index in [9.17, 15) is 9.59 Å². The molecule has 0 N–H and O–H groups in total. The van der Waals surface area contributed by atoms with Crippen LogP contribution in [0.15, 0.2) is 30.6 Å². The van der Waals surface area contributed by atoms with Crippen LogP contribution in [0.5, 0.6) is 0 Å². The van der Waals surface area contributed by atoms with Gasteiger partial charge in [0.2, 0.25) is 0 Å². The lowest BCUT2D eigenvalue weighted by Gasteiger charge is -2.17. The van der Waals surface area contributed by atoms with E-state index in [4.69, 9.17) is 9.72 Å². The first-order valence-electron chi connectivity index (χ1n) is 10.6. The number of aromatic nitrogens is 4. The highest BCUT2D eigenvalue weighted by Gasteiger charge is 2.37. The summed E-state index contributed by atoms with van der Waals surface area (Å²) in [4.78, 5) is 35.5. The zero-order chi connectivity index (χ0) is 21.8. The number of methoxy groups -OCH3 is 1. The topological polar surface area (TPSA) is 89.7 Å². The summed E-state index contributed by atoms with van der Waals surface area (Å²) in [6.07, 6.45) is 5.29. The molecular formula is C23H25N5O3. The Kier molecular flexibility index (Phi) is 4.53. The molecule has 31 heavy (non-hydrogen) atoms. The maximum atomic E-state index is 12.3. The monoisotopic (exact) mass is 419 g/mol. The Morgan fingerprint density at radius 2 is 2.16 bits per heavy atom. The zero-order valence-corrected chi connectivity index (χ0v) is 18.0. The number of benzene rings is 1. The minimum atomic E-state index is -0.409. The van der Waals surface area contributed by atoms with Gasteiger partial charge in [-0.1, -0.05) is 18.2 Å². The quantitative estimate of drug-likeness (QED) is 0.599. The second-order valence-electron chi connectivity index (χ2n) is 8.90. The molecule has 1 aromatic carbocycles. The van der Waals surface area contributed by atoms with E-state index in [-0.39, 0.29) is 17.7 Å². The number of anilines is 1. The summed E-state index contributed by atoms with van der Waals surface area (Å²) in [7, 11) is 1.42. The van der Waals surface area contributed by atoms with Gasteiger partial charge in [0.25, 0.3) is 0 Å². The number of esters is 1. The Balaban J connectivity index is 1.41. The van der Waals surface area contributed by atoms with E-state index >= 15 is 0 Å². The van der Waals surface area contributed by atoms with Crippen molar-refractivity contribution in [2.24, 2.45) is 5.92 Å². The minimum absolute atomic E-state index is 0.146. The van der Waals surface area contributed by atoms with E-state index in [0.29, 0.717) is 30.9 Å². The maximum Gasteiger partial charge on any atom is 0.310 e. The fourth-order valence-electron chi connectivity index (χ4n) is 4.70. The lowest BCUT2D eigenvalue weighted by atomic mass is 9.85. The molecule has 2 aliphatic rings. The number of ether oxygens (including phenoxy) is 1. The molecule has 0 bridgehead atoms. The van der Waals surface area contributed by atoms with Crippen molar-refractivity contribution in [3.63, 3.8) is 0 Å². The summed E-state index contributed by atoms with van der Waals surface area (Å²) >= 11 is 0. The zero-order valence-electron chi connectivity index (χ0n) is 18.0. The van der Waals surface area contributed by atoms with Crippen LogP contribution in [0.2, 0.25) is 0 Å². The second kappa shape index (κ2) is 7.14. The lowest BCUT2D eigenvalue weighted by molar-refractivity contribution is -0.144. The van der Waals surface area contributed by atoms with Crippen molar-refractivity contribution in [3.05, 3.63) is 53.1 Å². The van der Waals surface area contributed by atoms with Gasteiger partial charge in [-0.15, -0.1) is 0 Å². The molecule has 0 radical (unpaired) electrons. The minimum Gasteiger partial charge on any atom is -0.469 e. The van der Waals surface area contributed by atoms with Crippen LogP contribution >= 0.6 is 0 Å². The summed E-state index contributed by atoms with van der Waals surface area (Å²) in [6, 6.07) is 6.23. The summed E-state index contributed by atoms with van der Waals surface area (Å²) in [5, 5.41) is 4.63. The first-order valence-corrected chi connectivity index (χ1v) is 10.6. The first kappa shape index (κ1) is 19.7. The number of carbonyl (C=O) groups is 2. The van der Waals surface area contributed by atoms with Crippen LogP contribution in [0, 0.1) is 5.92 Å². The third-order valence-corrected chi connectivity index (χ3v) is 6.56. The van der Waals surface area contributed by atoms with Crippen molar-refractivity contribution in [2.45, 2.75) is 38.5 Å². The van der Waals surface area contributed by atoms with Crippen molar-refractivity contribution in [3.8, 4) is 0 Å². The molecule has 1 aliphatic heterocycles. The van der Waals surface area contributed by atoms with Gasteiger partial charge in [-0.05, 0) is 37.0 Å². The predicted molar refractivity (Wildman–Crippen MR) is 114 cm³/mol. The Labute approximate surface area is 180 Å². The fraction of sp³-hybridized carbons (Fsp3) is 0.435. The molecule has 8 nitrogen and oxygen atoms in total. The number of rotatable bonds is 4. The van der Waals surface area contributed by atoms with Gasteiger partial charge in [0, 0.05) is 43.7 Å². The first-order chi connectivity index (χ1) is 14.9. The third-order valence-electron chi connectivity index (χ3n) is 6.56. The van der Waals surface area contributed by atoms with Crippen molar-refractivity contribution in [2.75, 3.05) is 25.1 Å². The number of hydrogen-bond donors (Lipinski definition) is 0. The highest BCUT2D eigenvalue weighted by atomic mass is 16.5. The van der Waals surface area contributed by atoms with E-state index in [1.807, 2.05) is 13.8 Å². The Hall–Kier alpha value is -3.29. The molecule has 1 fully saturated rings. The normalized spacial score (nSPS) is 19.8. The molecule has 0 saturated carbocycles. The van der Waals surface area contributed by atoms with Gasteiger partial charge in [-0.25, -0.2) is 14.5 Å². The molecular weight excluding hydrogens is 394 g/mol. The van der Waals surface area contributed by atoms with E-state index < -0.39 is 5.41 Å². The molecule has 2 aromatic heterocycles. The fourth-order valence-corrected chi connectivity index (χ4v) is 4.70. The van der Waals surface area contributed by atoms with Crippen LogP contribution in [-0.4, -0.2) is 51.5 Å². The molecule has 1 aliphatic carbocycles. The SMILES string of the molecule is COC(=O)C1CCN(c2nccn3nc(Cc4ccc5c(c4)CC(=O)C5(C)C)nc23)C1. The number of fused-ring (bicyclic) bond motifs is 2. The van der Waals surface area contributed by atoms with Gasteiger partial charge >= 0.3 is 5.97 Å². The van der Waals surface area contributed by atoms with Crippen molar-refractivity contribution in [1.82, 2.24) is 19.6 Å². The van der Waals surface area contributed by atoms with Crippen LogP contribution in [0.4, 0.5) is 5.82 Å². The van der Waals surface area contributed by atoms with E-state index in [1.165, 1.54) is 7.11 Å². The standard InChI is InChI=1S/C23H25N5O3/c1-23(2)17-5-4-14(10-16(17)12-18(23)29)11-19-25-21-20(24-7-9-28(21)26-19)27-8-6-15(13-27)22(30)31-3/h4-5,7,9-10,15H,6,8,11-13H2,1-3H3. The maximum absolute atomic E-state index is 12.3. The number of Topliss-reactive ketones (excluding diaryl/α,β-unsaturated/α-hetero) is 1. The van der Waals surface area contributed by atoms with Crippen LogP contribution in [0.25, 0.3) is 5.65 Å². The van der Waals surface area contributed by atoms with E-state index in [0.717, 1.165) is 35.5 Å². The van der Waals surface area contributed by atoms with Gasteiger partial charge in [0.1, 0.15) is 5.78 Å². The number of hydrogen-bond acceptors (Lipinski definition) is 7. The largest absolute Gasteiger partial charge is 0.469 e. The molecule has 0 spiro atoms. The Bertz CT molecular complexity index is 1200. The van der Waals surface area contributed by atoms with Gasteiger partial charge in [-0.2, -0.15) is 5.10 Å². The van der Waals surface area contributed by atoms with Crippen LogP contribution < -0.4 is 4.90 Å². The van der Waals surface area contributed by atoms with Crippen molar-refractivity contribution >= 4 is 23.2 Å². The van der Waals surface area contributed by atoms with E-state index in [1.54, 1.807) is 16.9 Å². The highest BCUT2D eigenvalue weighted by Crippen LogP contribution is 2.36. The molecule has 160 valence electrons. The second-order valence-corrected chi connectivity index (χ2v) is 8.90. The van der Waals surface area contributed by atoms with Crippen molar-refractivity contribution in [1.29, 1.82) is 0 Å². The average Bonchev–Trinajstić information content (AvgIpc) is 3.44. The van der Waals surface area contributed by atoms with Crippen LogP contribution in [0.1, 0.15) is 42.8 Å². The van der Waals surface area contributed by atoms with Crippen LogP contribution in [-0.2, 0) is 32.6 Å². The number of carbonyl (C=O) groups excluding carboxylic acids is 2. The smallest absolute Gasteiger partial charge is 0.310 e. The molecule has 0 amide bonds. The average molecular weight is 419 g/mol. The molecule has 3 heterocycles. The molecule has 3 aromatic rings. The van der Waals surface area contributed by atoms with Gasteiger partial charge in [-0.3, -0.25) is 9.59 Å². The summed E-state index contributed by atoms with van der Waals surface area (Å²) in [5.74, 6) is 1.36. The number of nitrogens with zero attached hydrogens (tertiary/aromatic N) is 5. The van der Waals surface area contributed by atoms with Gasteiger partial charge in [0.05, 0.1) is 13.0 Å². The Morgan fingerprint density at radius 3 is 2.97 bits per heavy atom. The molecule has 1 saturated heterocycles. The molecule has 5 rings (SSSR count). The lowest BCUT2D eigenvalue weighted by Crippen LogP contribution is -2.24. The van der Waals surface area contributed by atoms with Gasteiger partial charge in [0.15, 0.2) is 17.3 Å². The van der Waals surface area contributed by atoms with Crippen LogP contribution in [0.3, 0.4) is 0 Å². The highest BCUT2D eigenvalue weighted by molar-refractivity contribution is 5.95. The van der Waals surface area contributed by atoms with Gasteiger partial charge < -0.3 is 9.64 Å². The third kappa shape index (κ3) is 3.26. The molecule has 8 heteroatoms.